The van der Waals surface area contributed by atoms with Crippen molar-refractivity contribution in [3.05, 3.63) is 91.4 Å². The van der Waals surface area contributed by atoms with Crippen molar-refractivity contribution in [3.63, 3.8) is 0 Å². The summed E-state index contributed by atoms with van der Waals surface area (Å²) in [5, 5.41) is 9.81. The summed E-state index contributed by atoms with van der Waals surface area (Å²) in [6.07, 6.45) is 1.17. The maximum atomic E-state index is 13.4. The van der Waals surface area contributed by atoms with Gasteiger partial charge in [0.25, 0.3) is 0 Å². The van der Waals surface area contributed by atoms with E-state index in [4.69, 9.17) is 23.7 Å². The number of carbonyl (C=O) groups excluding carboxylic acids is 2. The van der Waals surface area contributed by atoms with Gasteiger partial charge in [0.2, 0.25) is 17.4 Å². The van der Waals surface area contributed by atoms with E-state index in [1.165, 1.54) is 14.2 Å². The van der Waals surface area contributed by atoms with E-state index in [1.54, 1.807) is 6.92 Å². The molecule has 0 fully saturated rings. The highest BCUT2D eigenvalue weighted by molar-refractivity contribution is 7.09. The first-order chi connectivity index (χ1) is 21.3. The average molecular weight is 620 g/mol. The molecule has 44 heavy (non-hydrogen) atoms. The van der Waals surface area contributed by atoms with Crippen molar-refractivity contribution >= 4 is 23.1 Å². The van der Waals surface area contributed by atoms with Gasteiger partial charge in [0.05, 0.1) is 31.3 Å². The molecular weight excluding hydrogens is 586 g/mol. The van der Waals surface area contributed by atoms with Crippen molar-refractivity contribution in [2.24, 2.45) is 0 Å². The molecule has 1 aliphatic heterocycles. The van der Waals surface area contributed by atoms with Crippen molar-refractivity contribution < 1.29 is 38.4 Å². The van der Waals surface area contributed by atoms with E-state index < -0.39 is 12.1 Å². The Hall–Kier alpha value is -4.77. The number of rotatable bonds is 12. The molecule has 4 aromatic rings. The number of H-pyrrole nitrogens is 1. The Kier molecular flexibility index (Phi) is 9.54. The van der Waals surface area contributed by atoms with Crippen molar-refractivity contribution in [1.82, 2.24) is 4.98 Å². The lowest BCUT2D eigenvalue weighted by Gasteiger charge is -2.29. The van der Waals surface area contributed by atoms with Crippen LogP contribution in [0, 0.1) is 6.92 Å². The van der Waals surface area contributed by atoms with Gasteiger partial charge in [-0.15, -0.1) is 0 Å². The zero-order valence-electron chi connectivity index (χ0n) is 24.6. The van der Waals surface area contributed by atoms with Gasteiger partial charge in [0.1, 0.15) is 11.9 Å². The van der Waals surface area contributed by atoms with Gasteiger partial charge in [-0.2, -0.15) is 0 Å². The van der Waals surface area contributed by atoms with Crippen LogP contribution in [0.4, 0.5) is 0 Å². The van der Waals surface area contributed by atoms with Crippen molar-refractivity contribution in [2.75, 3.05) is 20.8 Å². The van der Waals surface area contributed by atoms with Crippen molar-refractivity contribution in [1.29, 1.82) is 0 Å². The fourth-order valence-corrected chi connectivity index (χ4v) is 5.88. The standard InChI is InChI=1S/C33H33NO9S/c1-19-27-24(35)18-23(15-16-41-22-12-9-21(10-13-22)17-25-32(37)34-33(38)44-25)42-29(27)31(40-3)30(39-2)28(19)43-26(36)14-11-20-7-5-4-6-8-20/h4-10,12-13,23,37H,11,14-18H2,1-3H3,(H,34,38). The summed E-state index contributed by atoms with van der Waals surface area (Å²) in [6.45, 7) is 2.00. The number of aromatic hydroxyl groups is 1. The molecule has 0 saturated heterocycles. The minimum atomic E-state index is -0.467. The molecule has 1 aromatic heterocycles. The number of fused-ring (bicyclic) bond motifs is 1. The minimum Gasteiger partial charge on any atom is -0.494 e. The summed E-state index contributed by atoms with van der Waals surface area (Å²) in [7, 11) is 2.88. The average Bonchev–Trinajstić information content (AvgIpc) is 3.34. The van der Waals surface area contributed by atoms with Gasteiger partial charge >= 0.3 is 10.8 Å². The molecular formula is C33H33NO9S. The number of esters is 1. The molecule has 11 heteroatoms. The Morgan fingerprint density at radius 1 is 1.00 bits per heavy atom. The highest BCUT2D eigenvalue weighted by Crippen LogP contribution is 2.51. The number of ketones is 1. The Morgan fingerprint density at radius 2 is 1.73 bits per heavy atom. The second-order valence-electron chi connectivity index (χ2n) is 10.3. The predicted molar refractivity (Wildman–Crippen MR) is 164 cm³/mol. The largest absolute Gasteiger partial charge is 0.494 e. The smallest absolute Gasteiger partial charge is 0.311 e. The van der Waals surface area contributed by atoms with Crippen LogP contribution >= 0.6 is 11.3 Å². The number of hydrogen-bond acceptors (Lipinski definition) is 10. The number of aromatic amines is 1. The summed E-state index contributed by atoms with van der Waals surface area (Å²) in [6, 6.07) is 17.0. The fraction of sp³-hybridized carbons (Fsp3) is 0.303. The lowest BCUT2D eigenvalue weighted by atomic mass is 9.93. The number of benzene rings is 3. The third-order valence-electron chi connectivity index (χ3n) is 7.32. The quantitative estimate of drug-likeness (QED) is 0.158. The molecule has 2 heterocycles. The number of methoxy groups -OCH3 is 2. The fourth-order valence-electron chi connectivity index (χ4n) is 5.12. The van der Waals surface area contributed by atoms with Crippen LogP contribution in [0.3, 0.4) is 0 Å². The van der Waals surface area contributed by atoms with Gasteiger partial charge in [0.15, 0.2) is 17.3 Å². The summed E-state index contributed by atoms with van der Waals surface area (Å²) in [5.74, 6) is 0.686. The van der Waals surface area contributed by atoms with E-state index >= 15 is 0 Å². The van der Waals surface area contributed by atoms with Gasteiger partial charge in [-0.3, -0.25) is 19.4 Å². The molecule has 3 aromatic carbocycles. The number of hydrogen-bond donors (Lipinski definition) is 2. The van der Waals surface area contributed by atoms with Crippen molar-refractivity contribution in [2.45, 2.75) is 45.1 Å². The maximum absolute atomic E-state index is 13.4. The van der Waals surface area contributed by atoms with Crippen LogP contribution in [-0.2, 0) is 17.6 Å². The van der Waals surface area contributed by atoms with Crippen LogP contribution in [0.15, 0.2) is 59.4 Å². The Bertz CT molecular complexity index is 1690. The van der Waals surface area contributed by atoms with Gasteiger partial charge in [-0.25, -0.2) is 0 Å². The lowest BCUT2D eigenvalue weighted by molar-refractivity contribution is -0.134. The second-order valence-corrected chi connectivity index (χ2v) is 11.4. The highest BCUT2D eigenvalue weighted by Gasteiger charge is 2.36. The number of thiazole rings is 1. The van der Waals surface area contributed by atoms with Crippen LogP contribution in [0.25, 0.3) is 0 Å². The molecule has 1 aliphatic rings. The third-order valence-corrected chi connectivity index (χ3v) is 8.19. The van der Waals surface area contributed by atoms with Gasteiger partial charge in [0, 0.05) is 31.2 Å². The topological polar surface area (TPSA) is 133 Å². The predicted octanol–water partition coefficient (Wildman–Crippen LogP) is 5.40. The van der Waals surface area contributed by atoms with Gasteiger partial charge in [-0.05, 0) is 36.6 Å². The molecule has 0 aliphatic carbocycles. The first-order valence-corrected chi connectivity index (χ1v) is 14.9. The van der Waals surface area contributed by atoms with Crippen LogP contribution in [0.2, 0.25) is 0 Å². The van der Waals surface area contributed by atoms with Crippen LogP contribution in [0.5, 0.6) is 34.6 Å². The first-order valence-electron chi connectivity index (χ1n) is 14.1. The highest BCUT2D eigenvalue weighted by atomic mass is 32.1. The number of ether oxygens (including phenoxy) is 5. The normalized spacial score (nSPS) is 14.0. The van der Waals surface area contributed by atoms with Gasteiger partial charge in [-0.1, -0.05) is 53.8 Å². The molecule has 0 radical (unpaired) electrons. The SMILES string of the molecule is COc1c(OC(=O)CCc2ccccc2)c(C)c2c(c1OC)OC(CCOc1ccc(Cc3sc(=O)[nH]c3O)cc1)CC2=O. The van der Waals surface area contributed by atoms with E-state index in [-0.39, 0.29) is 52.4 Å². The maximum Gasteiger partial charge on any atom is 0.311 e. The Morgan fingerprint density at radius 3 is 2.39 bits per heavy atom. The number of aryl methyl sites for hydroxylation is 1. The van der Waals surface area contributed by atoms with Crippen LogP contribution in [-0.4, -0.2) is 48.8 Å². The zero-order chi connectivity index (χ0) is 31.2. The molecule has 1 atom stereocenters. The van der Waals surface area contributed by atoms with E-state index in [1.807, 2.05) is 54.6 Å². The Labute approximate surface area is 258 Å². The number of aromatic nitrogens is 1. The second kappa shape index (κ2) is 13.7. The first kappa shape index (κ1) is 30.7. The number of carbonyl (C=O) groups is 2. The van der Waals surface area contributed by atoms with E-state index in [9.17, 15) is 19.5 Å². The van der Waals surface area contributed by atoms with Crippen LogP contribution in [0.1, 0.15) is 51.2 Å². The Balaban J connectivity index is 1.23. The zero-order valence-corrected chi connectivity index (χ0v) is 25.5. The number of Topliss-reactive ketones (excluding diaryl/α,β-unsaturated/α-hetero) is 1. The lowest BCUT2D eigenvalue weighted by Crippen LogP contribution is -2.30. The molecule has 1 unspecified atom stereocenters. The molecule has 0 saturated carbocycles. The minimum absolute atomic E-state index is 0.107. The van der Waals surface area contributed by atoms with Crippen molar-refractivity contribution in [3.8, 4) is 34.6 Å². The summed E-state index contributed by atoms with van der Waals surface area (Å²) in [4.78, 5) is 40.2. The molecule has 0 spiro atoms. The summed E-state index contributed by atoms with van der Waals surface area (Å²) >= 11 is 0.976. The molecule has 5 rings (SSSR count). The summed E-state index contributed by atoms with van der Waals surface area (Å²) in [5.41, 5.74) is 2.68. The molecule has 2 N–H and O–H groups in total. The summed E-state index contributed by atoms with van der Waals surface area (Å²) < 4.78 is 29.1. The van der Waals surface area contributed by atoms with E-state index in [0.717, 1.165) is 22.5 Å². The van der Waals surface area contributed by atoms with E-state index in [2.05, 4.69) is 4.98 Å². The molecule has 0 amide bonds. The van der Waals surface area contributed by atoms with E-state index in [0.29, 0.717) is 47.6 Å². The third kappa shape index (κ3) is 6.89. The monoisotopic (exact) mass is 619 g/mol. The molecule has 0 bridgehead atoms. The molecule has 10 nitrogen and oxygen atoms in total. The molecule has 230 valence electrons. The van der Waals surface area contributed by atoms with Crippen LogP contribution < -0.4 is 28.6 Å². The number of nitrogens with one attached hydrogen (secondary N) is 1. The van der Waals surface area contributed by atoms with Gasteiger partial charge < -0.3 is 28.8 Å².